The van der Waals surface area contributed by atoms with E-state index in [0.29, 0.717) is 27.4 Å². The fourth-order valence-electron chi connectivity index (χ4n) is 1.90. The third-order valence-corrected chi connectivity index (χ3v) is 3.89. The normalized spacial score (nSPS) is 10.8. The molecule has 2 N–H and O–H groups in total. The third-order valence-electron chi connectivity index (χ3n) is 2.87. The van der Waals surface area contributed by atoms with Crippen LogP contribution in [-0.4, -0.2) is 14.8 Å². The number of nitrogen functional groups attached to an aromatic ring is 1. The van der Waals surface area contributed by atoms with E-state index >= 15 is 0 Å². The van der Waals surface area contributed by atoms with Gasteiger partial charge in [-0.2, -0.15) is 9.78 Å². The van der Waals surface area contributed by atoms with Crippen LogP contribution in [0.25, 0.3) is 17.1 Å². The van der Waals surface area contributed by atoms with E-state index in [-0.39, 0.29) is 0 Å². The van der Waals surface area contributed by atoms with Gasteiger partial charge in [0.05, 0.1) is 10.7 Å². The minimum absolute atomic E-state index is 0.478. The van der Waals surface area contributed by atoms with Gasteiger partial charge in [-0.25, -0.2) is 4.98 Å². The summed E-state index contributed by atoms with van der Waals surface area (Å²) in [4.78, 5) is 4.27. The van der Waals surface area contributed by atoms with Gasteiger partial charge < -0.3 is 5.73 Å². The van der Waals surface area contributed by atoms with Gasteiger partial charge in [0, 0.05) is 27.3 Å². The molecule has 0 aliphatic rings. The highest BCUT2D eigenvalue weighted by Gasteiger charge is 2.12. The Hall–Kier alpha value is -1.56. The van der Waals surface area contributed by atoms with Crippen molar-refractivity contribution in [1.29, 1.82) is 0 Å². The molecule has 0 amide bonds. The van der Waals surface area contributed by atoms with Gasteiger partial charge in [-0.3, -0.25) is 0 Å². The van der Waals surface area contributed by atoms with Crippen molar-refractivity contribution in [2.75, 3.05) is 5.73 Å². The number of pyridine rings is 1. The molecule has 3 rings (SSSR count). The van der Waals surface area contributed by atoms with E-state index in [1.807, 2.05) is 18.2 Å². The van der Waals surface area contributed by atoms with Crippen LogP contribution in [0.5, 0.6) is 0 Å². The van der Waals surface area contributed by atoms with Gasteiger partial charge in [0.25, 0.3) is 0 Å². The lowest BCUT2D eigenvalue weighted by Gasteiger charge is -2.03. The van der Waals surface area contributed by atoms with Gasteiger partial charge in [0.2, 0.25) is 0 Å². The number of hydrogen-bond acceptors (Lipinski definition) is 3. The highest BCUT2D eigenvalue weighted by molar-refractivity contribution is 9.10. The molecule has 0 bridgehead atoms. The molecule has 21 heavy (non-hydrogen) atoms. The SMILES string of the molecule is Nc1cc(-c2ccc(Cl)cc2Cl)nn1-c1ccc(Br)cn1. The molecule has 0 unspecified atom stereocenters. The first-order chi connectivity index (χ1) is 10.0. The van der Waals surface area contributed by atoms with Gasteiger partial charge in [-0.1, -0.05) is 23.2 Å². The number of rotatable bonds is 2. The molecular formula is C14H9BrCl2N4. The van der Waals surface area contributed by atoms with E-state index in [9.17, 15) is 0 Å². The lowest BCUT2D eigenvalue weighted by Crippen LogP contribution is -2.03. The molecule has 2 aromatic heterocycles. The first-order valence-corrected chi connectivity index (χ1v) is 7.52. The Kier molecular flexibility index (Phi) is 3.89. The Morgan fingerprint density at radius 3 is 2.57 bits per heavy atom. The quantitative estimate of drug-likeness (QED) is 0.704. The Morgan fingerprint density at radius 1 is 1.10 bits per heavy atom. The number of nitrogens with two attached hydrogens (primary N) is 1. The van der Waals surface area contributed by atoms with Crippen LogP contribution in [0.2, 0.25) is 10.0 Å². The molecule has 7 heteroatoms. The Morgan fingerprint density at radius 2 is 1.90 bits per heavy atom. The summed E-state index contributed by atoms with van der Waals surface area (Å²) in [6.45, 7) is 0. The van der Waals surface area contributed by atoms with Crippen molar-refractivity contribution in [2.45, 2.75) is 0 Å². The first kappa shape index (κ1) is 14.4. The predicted molar refractivity (Wildman–Crippen MR) is 88.9 cm³/mol. The van der Waals surface area contributed by atoms with Crippen LogP contribution in [0.1, 0.15) is 0 Å². The number of halogens is 3. The first-order valence-electron chi connectivity index (χ1n) is 5.97. The third kappa shape index (κ3) is 2.90. The second kappa shape index (κ2) is 5.67. The average molecular weight is 384 g/mol. The average Bonchev–Trinajstić information content (AvgIpc) is 2.81. The van der Waals surface area contributed by atoms with E-state index in [1.54, 1.807) is 29.1 Å². The number of anilines is 1. The zero-order chi connectivity index (χ0) is 15.0. The molecule has 3 aromatic rings. The molecule has 4 nitrogen and oxygen atoms in total. The predicted octanol–water partition coefficient (Wildman–Crippen LogP) is 4.59. The van der Waals surface area contributed by atoms with Crippen LogP contribution < -0.4 is 5.73 Å². The molecule has 0 saturated carbocycles. The van der Waals surface area contributed by atoms with Crippen molar-refractivity contribution in [1.82, 2.24) is 14.8 Å². The summed E-state index contributed by atoms with van der Waals surface area (Å²) in [5, 5.41) is 5.56. The highest BCUT2D eigenvalue weighted by Crippen LogP contribution is 2.31. The maximum absolute atomic E-state index is 6.20. The summed E-state index contributed by atoms with van der Waals surface area (Å²) < 4.78 is 2.45. The van der Waals surface area contributed by atoms with E-state index in [1.165, 1.54) is 0 Å². The molecule has 0 fully saturated rings. The maximum Gasteiger partial charge on any atom is 0.155 e. The molecule has 0 aliphatic carbocycles. The standard InChI is InChI=1S/C14H9BrCl2N4/c15-8-1-4-14(19-7-8)21-13(18)6-12(20-21)10-3-2-9(16)5-11(10)17/h1-7H,18H2. The molecule has 106 valence electrons. The van der Waals surface area contributed by atoms with Crippen molar-refractivity contribution in [2.24, 2.45) is 0 Å². The summed E-state index contributed by atoms with van der Waals surface area (Å²) in [5.41, 5.74) is 7.44. The Balaban J connectivity index is 2.07. The molecule has 2 heterocycles. The lowest BCUT2D eigenvalue weighted by atomic mass is 10.1. The summed E-state index contributed by atoms with van der Waals surface area (Å²) in [5.74, 6) is 1.11. The van der Waals surface area contributed by atoms with Crippen molar-refractivity contribution in [3.63, 3.8) is 0 Å². The molecule has 0 spiro atoms. The smallest absolute Gasteiger partial charge is 0.155 e. The van der Waals surface area contributed by atoms with Crippen molar-refractivity contribution >= 4 is 44.9 Å². The van der Waals surface area contributed by atoms with E-state index in [2.05, 4.69) is 26.0 Å². The van der Waals surface area contributed by atoms with Crippen molar-refractivity contribution < 1.29 is 0 Å². The van der Waals surface area contributed by atoms with Crippen LogP contribution in [0.4, 0.5) is 5.82 Å². The zero-order valence-electron chi connectivity index (χ0n) is 10.6. The topological polar surface area (TPSA) is 56.7 Å². The van der Waals surface area contributed by atoms with Crippen LogP contribution >= 0.6 is 39.1 Å². The van der Waals surface area contributed by atoms with Crippen molar-refractivity contribution in [3.05, 3.63) is 57.1 Å². The van der Waals surface area contributed by atoms with Gasteiger partial charge in [0.15, 0.2) is 5.82 Å². The molecule has 0 aliphatic heterocycles. The zero-order valence-corrected chi connectivity index (χ0v) is 13.7. The van der Waals surface area contributed by atoms with E-state index < -0.39 is 0 Å². The molecule has 0 radical (unpaired) electrons. The number of aromatic nitrogens is 3. The summed E-state index contributed by atoms with van der Waals surface area (Å²) >= 11 is 15.4. The monoisotopic (exact) mass is 382 g/mol. The lowest BCUT2D eigenvalue weighted by molar-refractivity contribution is 0.859. The number of nitrogens with zero attached hydrogens (tertiary/aromatic N) is 3. The largest absolute Gasteiger partial charge is 0.384 e. The molecule has 0 saturated heterocycles. The summed E-state index contributed by atoms with van der Waals surface area (Å²) in [6, 6.07) is 10.7. The summed E-state index contributed by atoms with van der Waals surface area (Å²) in [6.07, 6.45) is 1.69. The van der Waals surface area contributed by atoms with Gasteiger partial charge in [-0.15, -0.1) is 0 Å². The van der Waals surface area contributed by atoms with Crippen LogP contribution in [0.3, 0.4) is 0 Å². The molecule has 0 atom stereocenters. The second-order valence-electron chi connectivity index (χ2n) is 4.33. The maximum atomic E-state index is 6.20. The van der Waals surface area contributed by atoms with Gasteiger partial charge in [0.1, 0.15) is 5.82 Å². The Bertz CT molecular complexity index is 799. The fourth-order valence-corrected chi connectivity index (χ4v) is 2.64. The van der Waals surface area contributed by atoms with E-state index in [4.69, 9.17) is 28.9 Å². The number of benzene rings is 1. The minimum atomic E-state index is 0.478. The number of hydrogen-bond donors (Lipinski definition) is 1. The van der Waals surface area contributed by atoms with Crippen LogP contribution in [0, 0.1) is 0 Å². The van der Waals surface area contributed by atoms with E-state index in [0.717, 1.165) is 10.0 Å². The van der Waals surface area contributed by atoms with Gasteiger partial charge in [-0.05, 0) is 46.3 Å². The fraction of sp³-hybridized carbons (Fsp3) is 0. The second-order valence-corrected chi connectivity index (χ2v) is 6.08. The highest BCUT2D eigenvalue weighted by atomic mass is 79.9. The molecule has 1 aromatic carbocycles. The summed E-state index contributed by atoms with van der Waals surface area (Å²) in [7, 11) is 0. The molecular weight excluding hydrogens is 375 g/mol. The minimum Gasteiger partial charge on any atom is -0.384 e. The van der Waals surface area contributed by atoms with Crippen LogP contribution in [0.15, 0.2) is 47.1 Å². The van der Waals surface area contributed by atoms with Crippen molar-refractivity contribution in [3.8, 4) is 17.1 Å². The van der Waals surface area contributed by atoms with Gasteiger partial charge >= 0.3 is 0 Å². The van der Waals surface area contributed by atoms with Crippen LogP contribution in [-0.2, 0) is 0 Å². The Labute approximate surface area is 139 Å².